The van der Waals surface area contributed by atoms with E-state index in [4.69, 9.17) is 10.5 Å². The van der Waals surface area contributed by atoms with Gasteiger partial charge in [-0.3, -0.25) is 0 Å². The molecular formula is C14H28N2O. The third kappa shape index (κ3) is 4.23. The molecule has 2 N–H and O–H groups in total. The molecule has 0 aromatic carbocycles. The SMILES string of the molecule is CN(CCC1CCCC1N)CC1CCCOC1. The molecule has 2 rings (SSSR count). The van der Waals surface area contributed by atoms with Crippen molar-refractivity contribution in [2.75, 3.05) is 33.4 Å². The minimum Gasteiger partial charge on any atom is -0.381 e. The van der Waals surface area contributed by atoms with Crippen LogP contribution in [0.15, 0.2) is 0 Å². The molecule has 17 heavy (non-hydrogen) atoms. The zero-order chi connectivity index (χ0) is 12.1. The van der Waals surface area contributed by atoms with Crippen molar-refractivity contribution in [3.8, 4) is 0 Å². The molecule has 1 heterocycles. The van der Waals surface area contributed by atoms with Gasteiger partial charge in [0.2, 0.25) is 0 Å². The van der Waals surface area contributed by atoms with Gasteiger partial charge in [0.1, 0.15) is 0 Å². The molecule has 2 aliphatic rings. The van der Waals surface area contributed by atoms with Crippen molar-refractivity contribution in [3.05, 3.63) is 0 Å². The third-order valence-electron chi connectivity index (χ3n) is 4.42. The summed E-state index contributed by atoms with van der Waals surface area (Å²) in [6.07, 6.45) is 7.79. The van der Waals surface area contributed by atoms with Gasteiger partial charge >= 0.3 is 0 Å². The van der Waals surface area contributed by atoms with Crippen LogP contribution in [0.1, 0.15) is 38.5 Å². The van der Waals surface area contributed by atoms with Crippen LogP contribution >= 0.6 is 0 Å². The summed E-state index contributed by atoms with van der Waals surface area (Å²) in [5.41, 5.74) is 6.11. The Labute approximate surface area is 106 Å². The Hall–Kier alpha value is -0.120. The molecule has 0 aromatic heterocycles. The summed E-state index contributed by atoms with van der Waals surface area (Å²) in [6.45, 7) is 4.33. The molecule has 3 atom stereocenters. The summed E-state index contributed by atoms with van der Waals surface area (Å²) in [6, 6.07) is 0.474. The fourth-order valence-corrected chi connectivity index (χ4v) is 3.29. The molecular weight excluding hydrogens is 212 g/mol. The highest BCUT2D eigenvalue weighted by Gasteiger charge is 2.24. The van der Waals surface area contributed by atoms with Crippen molar-refractivity contribution in [1.29, 1.82) is 0 Å². The van der Waals surface area contributed by atoms with E-state index >= 15 is 0 Å². The molecule has 0 spiro atoms. The summed E-state index contributed by atoms with van der Waals surface area (Å²) < 4.78 is 5.53. The first-order chi connectivity index (χ1) is 8.25. The smallest absolute Gasteiger partial charge is 0.0506 e. The maximum absolute atomic E-state index is 6.11. The molecule has 2 fully saturated rings. The molecule has 0 bridgehead atoms. The lowest BCUT2D eigenvalue weighted by molar-refractivity contribution is 0.0414. The average Bonchev–Trinajstić information content (AvgIpc) is 2.74. The Morgan fingerprint density at radius 1 is 1.24 bits per heavy atom. The predicted molar refractivity (Wildman–Crippen MR) is 71.0 cm³/mol. The number of ether oxygens (including phenoxy) is 1. The molecule has 3 unspecified atom stereocenters. The van der Waals surface area contributed by atoms with Gasteiger partial charge in [-0.1, -0.05) is 6.42 Å². The molecule has 1 aliphatic heterocycles. The van der Waals surface area contributed by atoms with Crippen LogP contribution in [0.5, 0.6) is 0 Å². The van der Waals surface area contributed by atoms with Gasteiger partial charge < -0.3 is 15.4 Å². The van der Waals surface area contributed by atoms with Gasteiger partial charge in [-0.2, -0.15) is 0 Å². The van der Waals surface area contributed by atoms with Crippen LogP contribution in [0.4, 0.5) is 0 Å². The molecule has 1 saturated carbocycles. The van der Waals surface area contributed by atoms with Crippen LogP contribution in [-0.2, 0) is 4.74 Å². The van der Waals surface area contributed by atoms with Crippen LogP contribution in [0, 0.1) is 11.8 Å². The quantitative estimate of drug-likeness (QED) is 0.797. The molecule has 1 aliphatic carbocycles. The van der Waals surface area contributed by atoms with Crippen LogP contribution in [0.2, 0.25) is 0 Å². The lowest BCUT2D eigenvalue weighted by atomic mass is 9.99. The molecule has 0 aromatic rings. The first-order valence-corrected chi connectivity index (χ1v) is 7.27. The van der Waals surface area contributed by atoms with E-state index in [-0.39, 0.29) is 0 Å². The number of rotatable bonds is 5. The number of nitrogens with zero attached hydrogens (tertiary/aromatic N) is 1. The van der Waals surface area contributed by atoms with Gasteiger partial charge in [0.05, 0.1) is 6.61 Å². The second kappa shape index (κ2) is 6.72. The molecule has 0 amide bonds. The summed E-state index contributed by atoms with van der Waals surface area (Å²) in [5, 5.41) is 0. The van der Waals surface area contributed by atoms with Crippen molar-refractivity contribution in [3.63, 3.8) is 0 Å². The van der Waals surface area contributed by atoms with E-state index in [1.54, 1.807) is 0 Å². The Morgan fingerprint density at radius 3 is 2.76 bits per heavy atom. The molecule has 3 nitrogen and oxygen atoms in total. The minimum absolute atomic E-state index is 0.474. The van der Waals surface area contributed by atoms with E-state index < -0.39 is 0 Å². The van der Waals surface area contributed by atoms with E-state index in [1.165, 1.54) is 51.6 Å². The molecule has 0 radical (unpaired) electrons. The summed E-state index contributed by atoms with van der Waals surface area (Å²) in [5.74, 6) is 1.53. The topological polar surface area (TPSA) is 38.5 Å². The van der Waals surface area contributed by atoms with Crippen LogP contribution in [0.3, 0.4) is 0 Å². The average molecular weight is 240 g/mol. The third-order valence-corrected chi connectivity index (χ3v) is 4.42. The van der Waals surface area contributed by atoms with Crippen molar-refractivity contribution >= 4 is 0 Å². The Kier molecular flexibility index (Phi) is 5.26. The monoisotopic (exact) mass is 240 g/mol. The summed E-state index contributed by atoms with van der Waals surface area (Å²) in [7, 11) is 2.25. The van der Waals surface area contributed by atoms with Crippen molar-refractivity contribution in [2.24, 2.45) is 17.6 Å². The maximum atomic E-state index is 6.11. The van der Waals surface area contributed by atoms with Crippen molar-refractivity contribution in [1.82, 2.24) is 4.90 Å². The second-order valence-corrected chi connectivity index (χ2v) is 5.99. The highest BCUT2D eigenvalue weighted by Crippen LogP contribution is 2.27. The van der Waals surface area contributed by atoms with Crippen LogP contribution in [-0.4, -0.2) is 44.3 Å². The van der Waals surface area contributed by atoms with E-state index in [2.05, 4.69) is 11.9 Å². The van der Waals surface area contributed by atoms with Crippen LogP contribution < -0.4 is 5.73 Å². The lowest BCUT2D eigenvalue weighted by Crippen LogP contribution is -2.33. The fourth-order valence-electron chi connectivity index (χ4n) is 3.29. The highest BCUT2D eigenvalue weighted by molar-refractivity contribution is 4.80. The first-order valence-electron chi connectivity index (χ1n) is 7.27. The largest absolute Gasteiger partial charge is 0.381 e. The van der Waals surface area contributed by atoms with E-state index in [0.29, 0.717) is 6.04 Å². The van der Waals surface area contributed by atoms with Crippen molar-refractivity contribution < 1.29 is 4.74 Å². The van der Waals surface area contributed by atoms with Gasteiger partial charge in [0.15, 0.2) is 0 Å². The number of hydrogen-bond donors (Lipinski definition) is 1. The minimum atomic E-state index is 0.474. The van der Waals surface area contributed by atoms with Gasteiger partial charge in [-0.25, -0.2) is 0 Å². The van der Waals surface area contributed by atoms with Crippen LogP contribution in [0.25, 0.3) is 0 Å². The Balaban J connectivity index is 1.61. The first kappa shape index (κ1) is 13.3. The zero-order valence-electron chi connectivity index (χ0n) is 11.2. The lowest BCUT2D eigenvalue weighted by Gasteiger charge is -2.28. The molecule has 1 saturated heterocycles. The Morgan fingerprint density at radius 2 is 2.12 bits per heavy atom. The summed E-state index contributed by atoms with van der Waals surface area (Å²) in [4.78, 5) is 2.48. The molecule has 3 heteroatoms. The Bertz CT molecular complexity index is 216. The predicted octanol–water partition coefficient (Wildman–Crippen LogP) is 1.86. The zero-order valence-corrected chi connectivity index (χ0v) is 11.2. The van der Waals surface area contributed by atoms with Gasteiger partial charge in [0.25, 0.3) is 0 Å². The highest BCUT2D eigenvalue weighted by atomic mass is 16.5. The fraction of sp³-hybridized carbons (Fsp3) is 1.00. The van der Waals surface area contributed by atoms with E-state index in [0.717, 1.165) is 25.0 Å². The standard InChI is InChI=1S/C14H28N2O/c1-16(10-12-4-3-9-17-11-12)8-7-13-5-2-6-14(13)15/h12-14H,2-11,15H2,1H3. The summed E-state index contributed by atoms with van der Waals surface area (Å²) >= 11 is 0. The maximum Gasteiger partial charge on any atom is 0.0506 e. The molecule has 100 valence electrons. The van der Waals surface area contributed by atoms with Gasteiger partial charge in [-0.05, 0) is 57.5 Å². The second-order valence-electron chi connectivity index (χ2n) is 5.99. The van der Waals surface area contributed by atoms with Gasteiger partial charge in [0, 0.05) is 19.2 Å². The number of nitrogens with two attached hydrogens (primary N) is 1. The normalized spacial score (nSPS) is 34.4. The van der Waals surface area contributed by atoms with Crippen molar-refractivity contribution in [2.45, 2.75) is 44.6 Å². The van der Waals surface area contributed by atoms with E-state index in [9.17, 15) is 0 Å². The number of hydrogen-bond acceptors (Lipinski definition) is 3. The van der Waals surface area contributed by atoms with E-state index in [1.807, 2.05) is 0 Å². The van der Waals surface area contributed by atoms with Gasteiger partial charge in [-0.15, -0.1) is 0 Å².